The first-order chi connectivity index (χ1) is 10.2. The molecule has 2 aromatic heterocycles. The zero-order valence-electron chi connectivity index (χ0n) is 12.5. The summed E-state index contributed by atoms with van der Waals surface area (Å²) in [5, 5.41) is 4.26. The summed E-state index contributed by atoms with van der Waals surface area (Å²) in [7, 11) is 0. The van der Waals surface area contributed by atoms with Crippen LogP contribution in [-0.4, -0.2) is 56.6 Å². The zero-order valence-corrected chi connectivity index (χ0v) is 12.5. The summed E-state index contributed by atoms with van der Waals surface area (Å²) >= 11 is 0. The summed E-state index contributed by atoms with van der Waals surface area (Å²) in [6.45, 7) is 7.13. The van der Waals surface area contributed by atoms with Gasteiger partial charge in [-0.25, -0.2) is 4.98 Å². The monoisotopic (exact) mass is 288 g/mol. The van der Waals surface area contributed by atoms with Gasteiger partial charge >= 0.3 is 0 Å². The second kappa shape index (κ2) is 5.67. The van der Waals surface area contributed by atoms with Gasteiger partial charge < -0.3 is 9.80 Å². The number of rotatable bonds is 3. The fourth-order valence-electron chi connectivity index (χ4n) is 2.66. The highest BCUT2D eigenvalue weighted by molar-refractivity contribution is 5.76. The van der Waals surface area contributed by atoms with E-state index in [4.69, 9.17) is 0 Å². The Bertz CT molecular complexity index is 644. The molecule has 1 aliphatic rings. The Morgan fingerprint density at radius 1 is 1.24 bits per heavy atom. The first-order valence-electron chi connectivity index (χ1n) is 7.45. The van der Waals surface area contributed by atoms with Gasteiger partial charge in [-0.05, 0) is 6.42 Å². The molecule has 0 saturated carbocycles. The molecule has 0 aromatic carbocycles. The Morgan fingerprint density at radius 3 is 2.67 bits per heavy atom. The van der Waals surface area contributed by atoms with Gasteiger partial charge in [0.15, 0.2) is 0 Å². The third kappa shape index (κ3) is 2.55. The molecular weight excluding hydrogens is 268 g/mol. The predicted molar refractivity (Wildman–Crippen MR) is 79.2 cm³/mol. The maximum absolute atomic E-state index is 11.8. The zero-order chi connectivity index (χ0) is 14.8. The standard InChI is InChI=1S/C14H20N6O/c1-3-11-9-12(20-14(17-11)15-10-16-20)18-5-7-19(8-6-18)13(21)4-2/h9-10H,3-8H2,1-2H3. The predicted octanol–water partition coefficient (Wildman–Crippen LogP) is 0.745. The van der Waals surface area contributed by atoms with Crippen LogP contribution in [0.25, 0.3) is 5.78 Å². The number of aryl methyl sites for hydroxylation is 1. The fourth-order valence-corrected chi connectivity index (χ4v) is 2.66. The van der Waals surface area contributed by atoms with Gasteiger partial charge in [-0.2, -0.15) is 14.6 Å². The van der Waals surface area contributed by atoms with E-state index in [1.165, 1.54) is 6.33 Å². The Kier molecular flexibility index (Phi) is 3.72. The third-order valence-electron chi connectivity index (χ3n) is 3.91. The molecule has 0 radical (unpaired) electrons. The number of amides is 1. The molecular formula is C14H20N6O. The molecule has 7 nitrogen and oxygen atoms in total. The van der Waals surface area contributed by atoms with Crippen molar-refractivity contribution in [2.24, 2.45) is 0 Å². The Balaban J connectivity index is 1.85. The van der Waals surface area contributed by atoms with Crippen molar-refractivity contribution in [2.75, 3.05) is 31.1 Å². The Hall–Kier alpha value is -2.18. The first kappa shape index (κ1) is 13.8. The van der Waals surface area contributed by atoms with Crippen LogP contribution in [0.1, 0.15) is 26.0 Å². The van der Waals surface area contributed by atoms with E-state index in [2.05, 4.69) is 33.0 Å². The molecule has 0 bridgehead atoms. The van der Waals surface area contributed by atoms with Crippen LogP contribution >= 0.6 is 0 Å². The lowest BCUT2D eigenvalue weighted by Gasteiger charge is -2.35. The minimum Gasteiger partial charge on any atom is -0.353 e. The second-order valence-corrected chi connectivity index (χ2v) is 5.15. The molecule has 7 heteroatoms. The number of carbonyl (C=O) groups excluding carboxylic acids is 1. The Morgan fingerprint density at radius 2 is 2.00 bits per heavy atom. The summed E-state index contributed by atoms with van der Waals surface area (Å²) in [6.07, 6.45) is 2.97. The first-order valence-corrected chi connectivity index (χ1v) is 7.45. The molecule has 0 N–H and O–H groups in total. The van der Waals surface area contributed by atoms with Crippen LogP contribution in [-0.2, 0) is 11.2 Å². The smallest absolute Gasteiger partial charge is 0.254 e. The van der Waals surface area contributed by atoms with E-state index in [1.807, 2.05) is 11.8 Å². The molecule has 1 amide bonds. The van der Waals surface area contributed by atoms with E-state index in [0.29, 0.717) is 12.2 Å². The summed E-state index contributed by atoms with van der Waals surface area (Å²) in [5.74, 6) is 1.87. The quantitative estimate of drug-likeness (QED) is 0.833. The Labute approximate surface area is 123 Å². The molecule has 0 aliphatic carbocycles. The van der Waals surface area contributed by atoms with Crippen LogP contribution in [0, 0.1) is 0 Å². The molecule has 112 valence electrons. The van der Waals surface area contributed by atoms with Crippen molar-refractivity contribution in [3.63, 3.8) is 0 Å². The van der Waals surface area contributed by atoms with Gasteiger partial charge in [-0.1, -0.05) is 13.8 Å². The van der Waals surface area contributed by atoms with E-state index >= 15 is 0 Å². The average Bonchev–Trinajstić information content (AvgIpc) is 3.01. The van der Waals surface area contributed by atoms with Crippen molar-refractivity contribution in [3.8, 4) is 0 Å². The number of anilines is 1. The number of hydrogen-bond donors (Lipinski definition) is 0. The molecule has 21 heavy (non-hydrogen) atoms. The number of aromatic nitrogens is 4. The van der Waals surface area contributed by atoms with Gasteiger partial charge in [0.2, 0.25) is 5.91 Å². The van der Waals surface area contributed by atoms with Crippen LogP contribution in [0.4, 0.5) is 5.82 Å². The fraction of sp³-hybridized carbons (Fsp3) is 0.571. The lowest BCUT2D eigenvalue weighted by Crippen LogP contribution is -2.49. The number of nitrogens with zero attached hydrogens (tertiary/aromatic N) is 6. The third-order valence-corrected chi connectivity index (χ3v) is 3.91. The van der Waals surface area contributed by atoms with E-state index in [0.717, 1.165) is 44.1 Å². The van der Waals surface area contributed by atoms with Crippen molar-refractivity contribution < 1.29 is 4.79 Å². The molecule has 0 atom stereocenters. The van der Waals surface area contributed by atoms with Crippen molar-refractivity contribution in [3.05, 3.63) is 18.1 Å². The van der Waals surface area contributed by atoms with Crippen LogP contribution in [0.2, 0.25) is 0 Å². The number of fused-ring (bicyclic) bond motifs is 1. The van der Waals surface area contributed by atoms with Gasteiger partial charge in [0, 0.05) is 44.4 Å². The van der Waals surface area contributed by atoms with Crippen LogP contribution in [0.15, 0.2) is 12.4 Å². The van der Waals surface area contributed by atoms with Gasteiger partial charge in [-0.15, -0.1) is 0 Å². The second-order valence-electron chi connectivity index (χ2n) is 5.15. The van der Waals surface area contributed by atoms with Crippen LogP contribution in [0.5, 0.6) is 0 Å². The average molecular weight is 288 g/mol. The van der Waals surface area contributed by atoms with Gasteiger partial charge in [0.05, 0.1) is 0 Å². The van der Waals surface area contributed by atoms with Crippen LogP contribution in [0.3, 0.4) is 0 Å². The van der Waals surface area contributed by atoms with E-state index in [9.17, 15) is 4.79 Å². The van der Waals surface area contributed by atoms with Gasteiger partial charge in [-0.3, -0.25) is 4.79 Å². The highest BCUT2D eigenvalue weighted by Gasteiger charge is 2.22. The molecule has 2 aromatic rings. The van der Waals surface area contributed by atoms with E-state index < -0.39 is 0 Å². The minimum atomic E-state index is 0.226. The maximum Gasteiger partial charge on any atom is 0.254 e. The number of carbonyl (C=O) groups is 1. The highest BCUT2D eigenvalue weighted by atomic mass is 16.2. The van der Waals surface area contributed by atoms with Crippen molar-refractivity contribution in [1.29, 1.82) is 0 Å². The molecule has 1 saturated heterocycles. The van der Waals surface area contributed by atoms with Gasteiger partial charge in [0.25, 0.3) is 5.78 Å². The lowest BCUT2D eigenvalue weighted by molar-refractivity contribution is -0.131. The normalized spacial score (nSPS) is 15.7. The maximum atomic E-state index is 11.8. The SMILES string of the molecule is CCC(=O)N1CCN(c2cc(CC)nc3ncnn23)CC1. The summed E-state index contributed by atoms with van der Waals surface area (Å²) in [6, 6.07) is 2.07. The molecule has 1 fully saturated rings. The van der Waals surface area contributed by atoms with Gasteiger partial charge in [0.1, 0.15) is 12.1 Å². The number of hydrogen-bond acceptors (Lipinski definition) is 5. The molecule has 1 aliphatic heterocycles. The van der Waals surface area contributed by atoms with Crippen molar-refractivity contribution >= 4 is 17.5 Å². The molecule has 3 rings (SSSR count). The molecule has 3 heterocycles. The van der Waals surface area contributed by atoms with E-state index in [1.54, 1.807) is 4.52 Å². The topological polar surface area (TPSA) is 66.6 Å². The largest absolute Gasteiger partial charge is 0.353 e. The van der Waals surface area contributed by atoms with Crippen molar-refractivity contribution in [2.45, 2.75) is 26.7 Å². The van der Waals surface area contributed by atoms with E-state index in [-0.39, 0.29) is 5.91 Å². The highest BCUT2D eigenvalue weighted by Crippen LogP contribution is 2.18. The minimum absolute atomic E-state index is 0.226. The lowest BCUT2D eigenvalue weighted by atomic mass is 10.2. The molecule has 0 unspecified atom stereocenters. The van der Waals surface area contributed by atoms with Crippen LogP contribution < -0.4 is 4.90 Å². The molecule has 0 spiro atoms. The van der Waals surface area contributed by atoms with Crippen molar-refractivity contribution in [1.82, 2.24) is 24.5 Å². The summed E-state index contributed by atoms with van der Waals surface area (Å²) in [4.78, 5) is 24.6. The number of piperazine rings is 1. The summed E-state index contributed by atoms with van der Waals surface area (Å²) in [5.41, 5.74) is 1.01. The summed E-state index contributed by atoms with van der Waals surface area (Å²) < 4.78 is 1.77.